The third-order valence-electron chi connectivity index (χ3n) is 4.53. The van der Waals surface area contributed by atoms with Gasteiger partial charge in [0.25, 0.3) is 0 Å². The van der Waals surface area contributed by atoms with Crippen molar-refractivity contribution in [3.63, 3.8) is 0 Å². The molecule has 1 aliphatic rings. The Bertz CT molecular complexity index is 686. The van der Waals surface area contributed by atoms with Crippen molar-refractivity contribution in [3.05, 3.63) is 59.9 Å². The molecule has 2 aromatic rings. The maximum Gasteiger partial charge on any atom is 0.232 e. The number of pyridine rings is 1. The quantitative estimate of drug-likeness (QED) is 0.749. The summed E-state index contributed by atoms with van der Waals surface area (Å²) in [5, 5.41) is 0. The van der Waals surface area contributed by atoms with Crippen LogP contribution in [0.4, 0.5) is 0 Å². The topological polar surface area (TPSA) is 45.7 Å². The van der Waals surface area contributed by atoms with Crippen LogP contribution in [0.5, 0.6) is 5.75 Å². The number of nitrogens with zero attached hydrogens (tertiary/aromatic N) is 3. The van der Waals surface area contributed by atoms with E-state index in [0.717, 1.165) is 44.2 Å². The highest BCUT2D eigenvalue weighted by Crippen LogP contribution is 2.15. The van der Waals surface area contributed by atoms with E-state index in [1.807, 2.05) is 29.2 Å². The van der Waals surface area contributed by atoms with Crippen LogP contribution in [-0.2, 0) is 17.1 Å². The highest BCUT2D eigenvalue weighted by atomic mass is 32.2. The molecule has 3 rings (SSSR count). The highest BCUT2D eigenvalue weighted by Gasteiger charge is 2.20. The highest BCUT2D eigenvalue weighted by molar-refractivity contribution is 7.99. The number of thioether (sulfide) groups is 1. The minimum Gasteiger partial charge on any atom is -0.497 e. The number of hydrogen-bond donors (Lipinski definition) is 0. The molecule has 0 N–H and O–H groups in total. The molecule has 5 nitrogen and oxygen atoms in total. The fraction of sp³-hybridized carbons (Fsp3) is 0.400. The van der Waals surface area contributed by atoms with E-state index in [1.165, 1.54) is 11.1 Å². The fourth-order valence-corrected chi connectivity index (χ4v) is 3.86. The second kappa shape index (κ2) is 9.59. The van der Waals surface area contributed by atoms with E-state index in [0.29, 0.717) is 5.75 Å². The van der Waals surface area contributed by atoms with E-state index in [-0.39, 0.29) is 5.91 Å². The number of benzene rings is 1. The first-order valence-corrected chi connectivity index (χ1v) is 10.00. The molecule has 1 saturated heterocycles. The van der Waals surface area contributed by atoms with Crippen LogP contribution in [0.3, 0.4) is 0 Å². The zero-order valence-corrected chi connectivity index (χ0v) is 16.0. The molecule has 0 saturated carbocycles. The molecule has 1 aliphatic heterocycles. The normalized spacial score (nSPS) is 15.0. The first-order valence-electron chi connectivity index (χ1n) is 8.84. The number of methoxy groups -OCH3 is 1. The number of aromatic nitrogens is 1. The Hall–Kier alpha value is -2.05. The number of amides is 1. The summed E-state index contributed by atoms with van der Waals surface area (Å²) in [6.45, 7) is 4.39. The van der Waals surface area contributed by atoms with Crippen molar-refractivity contribution in [3.8, 4) is 5.75 Å². The first kappa shape index (κ1) is 18.7. The molecule has 26 heavy (non-hydrogen) atoms. The zero-order valence-electron chi connectivity index (χ0n) is 15.1. The van der Waals surface area contributed by atoms with Gasteiger partial charge in [0, 0.05) is 50.9 Å². The van der Waals surface area contributed by atoms with Crippen molar-refractivity contribution in [1.29, 1.82) is 0 Å². The maximum absolute atomic E-state index is 12.4. The minimum atomic E-state index is 0.244. The summed E-state index contributed by atoms with van der Waals surface area (Å²) in [7, 11) is 1.68. The lowest BCUT2D eigenvalue weighted by atomic mass is 10.2. The van der Waals surface area contributed by atoms with Crippen LogP contribution in [-0.4, -0.2) is 59.7 Å². The molecular weight excluding hydrogens is 346 g/mol. The smallest absolute Gasteiger partial charge is 0.232 e. The molecule has 0 spiro atoms. The van der Waals surface area contributed by atoms with Crippen molar-refractivity contribution in [2.75, 3.05) is 39.0 Å². The van der Waals surface area contributed by atoms with Gasteiger partial charge in [-0.1, -0.05) is 12.1 Å². The molecule has 0 unspecified atom stereocenters. The lowest BCUT2D eigenvalue weighted by Gasteiger charge is -2.34. The van der Waals surface area contributed by atoms with Gasteiger partial charge in [-0.05, 0) is 35.4 Å². The lowest BCUT2D eigenvalue weighted by Crippen LogP contribution is -2.48. The second-order valence-electron chi connectivity index (χ2n) is 6.35. The molecule has 2 heterocycles. The van der Waals surface area contributed by atoms with E-state index in [4.69, 9.17) is 4.74 Å². The molecule has 1 aromatic carbocycles. The average molecular weight is 372 g/mol. The van der Waals surface area contributed by atoms with Gasteiger partial charge in [0.1, 0.15) is 5.75 Å². The summed E-state index contributed by atoms with van der Waals surface area (Å²) in [4.78, 5) is 20.8. The molecule has 0 aliphatic carbocycles. The summed E-state index contributed by atoms with van der Waals surface area (Å²) < 4.78 is 5.20. The van der Waals surface area contributed by atoms with Gasteiger partial charge in [0.2, 0.25) is 5.91 Å². The number of hydrogen-bond acceptors (Lipinski definition) is 5. The predicted octanol–water partition coefficient (Wildman–Crippen LogP) is 2.67. The van der Waals surface area contributed by atoms with Gasteiger partial charge >= 0.3 is 0 Å². The Morgan fingerprint density at radius 3 is 2.38 bits per heavy atom. The first-order chi connectivity index (χ1) is 12.7. The third kappa shape index (κ3) is 5.47. The second-order valence-corrected chi connectivity index (χ2v) is 7.34. The van der Waals surface area contributed by atoms with Crippen LogP contribution in [0.1, 0.15) is 11.1 Å². The van der Waals surface area contributed by atoms with E-state index < -0.39 is 0 Å². The van der Waals surface area contributed by atoms with Crippen molar-refractivity contribution < 1.29 is 9.53 Å². The van der Waals surface area contributed by atoms with Crippen LogP contribution in [0.2, 0.25) is 0 Å². The summed E-state index contributed by atoms with van der Waals surface area (Å²) in [5.74, 6) is 2.52. The molecule has 1 fully saturated rings. The Balaban J connectivity index is 1.37. The summed E-state index contributed by atoms with van der Waals surface area (Å²) >= 11 is 1.67. The third-order valence-corrected chi connectivity index (χ3v) is 5.52. The Labute approximate surface area is 159 Å². The predicted molar refractivity (Wildman–Crippen MR) is 105 cm³/mol. The van der Waals surface area contributed by atoms with E-state index in [1.54, 1.807) is 31.3 Å². The number of carbonyl (C=O) groups excluding carboxylic acids is 1. The van der Waals surface area contributed by atoms with Crippen LogP contribution in [0.25, 0.3) is 0 Å². The lowest BCUT2D eigenvalue weighted by molar-refractivity contribution is -0.130. The van der Waals surface area contributed by atoms with Gasteiger partial charge in [-0.25, -0.2) is 0 Å². The summed E-state index contributed by atoms with van der Waals surface area (Å²) in [6, 6.07) is 12.2. The molecule has 0 atom stereocenters. The van der Waals surface area contributed by atoms with E-state index >= 15 is 0 Å². The van der Waals surface area contributed by atoms with Gasteiger partial charge in [-0.3, -0.25) is 14.7 Å². The molecule has 1 aromatic heterocycles. The van der Waals surface area contributed by atoms with Crippen molar-refractivity contribution in [1.82, 2.24) is 14.8 Å². The molecule has 6 heteroatoms. The van der Waals surface area contributed by atoms with Crippen LogP contribution in [0.15, 0.2) is 48.8 Å². The summed E-state index contributed by atoms with van der Waals surface area (Å²) in [5.41, 5.74) is 2.49. The molecule has 138 valence electrons. The molecule has 0 bridgehead atoms. The van der Waals surface area contributed by atoms with Gasteiger partial charge in [0.15, 0.2) is 0 Å². The van der Waals surface area contributed by atoms with Gasteiger partial charge in [0.05, 0.1) is 12.9 Å². The number of piperazine rings is 1. The standard InChI is InChI=1S/C20H25N3O2S/c1-25-19-4-2-17(3-5-19)14-22-10-12-23(13-11-22)20(24)16-26-15-18-6-8-21-9-7-18/h2-9H,10-16H2,1H3. The van der Waals surface area contributed by atoms with Crippen LogP contribution in [0, 0.1) is 0 Å². The Morgan fingerprint density at radius 2 is 1.73 bits per heavy atom. The maximum atomic E-state index is 12.4. The SMILES string of the molecule is COc1ccc(CN2CCN(C(=O)CSCc3ccncc3)CC2)cc1. The minimum absolute atomic E-state index is 0.244. The monoisotopic (exact) mass is 371 g/mol. The van der Waals surface area contributed by atoms with Gasteiger partial charge < -0.3 is 9.64 Å². The zero-order chi connectivity index (χ0) is 18.2. The Morgan fingerprint density at radius 1 is 1.04 bits per heavy atom. The van der Waals surface area contributed by atoms with Crippen molar-refractivity contribution in [2.45, 2.75) is 12.3 Å². The molecule has 1 amide bonds. The van der Waals surface area contributed by atoms with Crippen LogP contribution >= 0.6 is 11.8 Å². The summed E-state index contributed by atoms with van der Waals surface area (Å²) in [6.07, 6.45) is 3.58. The number of carbonyl (C=O) groups is 1. The Kier molecular flexibility index (Phi) is 6.91. The van der Waals surface area contributed by atoms with Crippen molar-refractivity contribution in [2.24, 2.45) is 0 Å². The van der Waals surface area contributed by atoms with Crippen LogP contribution < -0.4 is 4.74 Å². The van der Waals surface area contributed by atoms with Gasteiger partial charge in [-0.15, -0.1) is 11.8 Å². The molecular formula is C20H25N3O2S. The van der Waals surface area contributed by atoms with Crippen molar-refractivity contribution >= 4 is 17.7 Å². The number of ether oxygens (including phenoxy) is 1. The number of rotatable bonds is 7. The molecule has 0 radical (unpaired) electrons. The largest absolute Gasteiger partial charge is 0.497 e. The van der Waals surface area contributed by atoms with Gasteiger partial charge in [-0.2, -0.15) is 0 Å². The van der Waals surface area contributed by atoms with E-state index in [2.05, 4.69) is 22.0 Å². The fourth-order valence-electron chi connectivity index (χ4n) is 2.97. The van der Waals surface area contributed by atoms with E-state index in [9.17, 15) is 4.79 Å². The average Bonchev–Trinajstić information content (AvgIpc) is 2.70.